The average Bonchev–Trinajstić information content (AvgIpc) is 3.34. The second-order valence-electron chi connectivity index (χ2n) is 7.77. The largest absolute Gasteiger partial charge is 0.342 e. The molecule has 2 aliphatic rings. The third kappa shape index (κ3) is 3.47. The van der Waals surface area contributed by atoms with Crippen LogP contribution >= 0.6 is 23.1 Å². The predicted molar refractivity (Wildman–Crippen MR) is 118 cm³/mol. The fourth-order valence-electron chi connectivity index (χ4n) is 4.28. The smallest absolute Gasteiger partial charge is 0.280 e. The van der Waals surface area contributed by atoms with Crippen LogP contribution in [0.4, 0.5) is 0 Å². The van der Waals surface area contributed by atoms with Crippen LogP contribution in [-0.2, 0) is 0 Å². The van der Waals surface area contributed by atoms with Gasteiger partial charge in [0.1, 0.15) is 0 Å². The highest BCUT2D eigenvalue weighted by atomic mass is 32.2. The monoisotopic (exact) mass is 432 g/mol. The van der Waals surface area contributed by atoms with Gasteiger partial charge in [-0.15, -0.1) is 11.3 Å². The second-order valence-corrected chi connectivity index (χ2v) is 9.91. The number of carbonyl (C=O) groups excluding carboxylic acids is 1. The lowest BCUT2D eigenvalue weighted by Gasteiger charge is -2.44. The Bertz CT molecular complexity index is 1120. The van der Waals surface area contributed by atoms with Gasteiger partial charge in [0.15, 0.2) is 11.2 Å². The van der Waals surface area contributed by atoms with Gasteiger partial charge < -0.3 is 10.2 Å². The Morgan fingerprint density at radius 2 is 2.03 bits per heavy atom. The quantitative estimate of drug-likeness (QED) is 0.595. The number of nitriles is 1. The topological polar surface area (TPSA) is 69.0 Å². The molecule has 2 fully saturated rings. The first-order chi connectivity index (χ1) is 14.7. The van der Waals surface area contributed by atoms with Crippen molar-refractivity contribution < 1.29 is 4.79 Å². The highest BCUT2D eigenvalue weighted by Gasteiger charge is 2.54. The molecule has 0 spiro atoms. The maximum absolute atomic E-state index is 12.9. The molecule has 2 heterocycles. The van der Waals surface area contributed by atoms with Crippen LogP contribution in [0.1, 0.15) is 22.6 Å². The SMILES string of the molecule is N#CN1CC2CC[C@]2(NC(=O)c2ncc(-c3ccccc3Sc3ccccc3)s2)C1. The van der Waals surface area contributed by atoms with Crippen molar-refractivity contribution in [2.45, 2.75) is 28.2 Å². The number of aromatic nitrogens is 1. The lowest BCUT2D eigenvalue weighted by atomic mass is 9.69. The second kappa shape index (κ2) is 7.78. The summed E-state index contributed by atoms with van der Waals surface area (Å²) in [5.74, 6) is 0.229. The fourth-order valence-corrected chi connectivity index (χ4v) is 6.18. The van der Waals surface area contributed by atoms with Gasteiger partial charge >= 0.3 is 0 Å². The molecule has 1 unspecified atom stereocenters. The van der Waals surface area contributed by atoms with Crippen molar-refractivity contribution >= 4 is 29.0 Å². The molecule has 150 valence electrons. The standard InChI is InChI=1S/C23H20N4OS2/c24-15-27-13-16-10-11-23(16,14-27)26-21(28)22-25-12-20(30-22)18-8-4-5-9-19(18)29-17-6-2-1-3-7-17/h1-9,12,16H,10-11,13-14H2,(H,26,28)/t16?,23-/m0/s1. The van der Waals surface area contributed by atoms with Crippen molar-refractivity contribution in [2.24, 2.45) is 5.92 Å². The van der Waals surface area contributed by atoms with E-state index in [9.17, 15) is 10.1 Å². The Balaban J connectivity index is 1.35. The Labute approximate surface area is 183 Å². The summed E-state index contributed by atoms with van der Waals surface area (Å²) in [6, 6.07) is 18.5. The summed E-state index contributed by atoms with van der Waals surface area (Å²) >= 11 is 3.12. The van der Waals surface area contributed by atoms with Crippen molar-refractivity contribution in [1.29, 1.82) is 5.26 Å². The number of amides is 1. The molecule has 5 rings (SSSR count). The highest BCUT2D eigenvalue weighted by molar-refractivity contribution is 7.99. The van der Waals surface area contributed by atoms with Crippen molar-refractivity contribution in [2.75, 3.05) is 13.1 Å². The molecule has 1 saturated heterocycles. The predicted octanol–water partition coefficient (Wildman–Crippen LogP) is 4.64. The molecule has 1 aromatic heterocycles. The van der Waals surface area contributed by atoms with E-state index in [1.807, 2.05) is 30.3 Å². The van der Waals surface area contributed by atoms with Gasteiger partial charge in [-0.3, -0.25) is 4.79 Å². The summed E-state index contributed by atoms with van der Waals surface area (Å²) in [6.07, 6.45) is 6.00. The molecule has 2 atom stereocenters. The minimum Gasteiger partial charge on any atom is -0.342 e. The minimum atomic E-state index is -0.264. The van der Waals surface area contributed by atoms with Gasteiger partial charge in [-0.1, -0.05) is 48.2 Å². The van der Waals surface area contributed by atoms with Gasteiger partial charge in [-0.2, -0.15) is 5.26 Å². The van der Waals surface area contributed by atoms with Gasteiger partial charge in [0.05, 0.1) is 17.0 Å². The van der Waals surface area contributed by atoms with Crippen LogP contribution < -0.4 is 5.32 Å². The molecule has 1 saturated carbocycles. The zero-order chi connectivity index (χ0) is 20.6. The summed E-state index contributed by atoms with van der Waals surface area (Å²) in [6.45, 7) is 1.35. The lowest BCUT2D eigenvalue weighted by molar-refractivity contribution is 0.0762. The fraction of sp³-hybridized carbons (Fsp3) is 0.261. The number of benzene rings is 2. The van der Waals surface area contributed by atoms with Crippen molar-refractivity contribution in [3.05, 3.63) is 65.8 Å². The van der Waals surface area contributed by atoms with E-state index in [2.05, 4.69) is 40.8 Å². The van der Waals surface area contributed by atoms with Crippen LogP contribution in [0.25, 0.3) is 10.4 Å². The van der Waals surface area contributed by atoms with Crippen molar-refractivity contribution in [3.8, 4) is 16.6 Å². The number of carbonyl (C=O) groups is 1. The number of fused-ring (bicyclic) bond motifs is 1. The summed E-state index contributed by atoms with van der Waals surface area (Å²) in [5.41, 5.74) is 0.818. The molecule has 0 bridgehead atoms. The van der Waals surface area contributed by atoms with Crippen LogP contribution in [0, 0.1) is 17.4 Å². The Kier molecular flexibility index (Phi) is 4.97. The molecular weight excluding hydrogens is 412 g/mol. The number of nitrogens with zero attached hydrogens (tertiary/aromatic N) is 3. The molecular formula is C23H20N4OS2. The first kappa shape index (κ1) is 19.2. The van der Waals surface area contributed by atoms with E-state index in [-0.39, 0.29) is 11.4 Å². The number of hydrogen-bond acceptors (Lipinski definition) is 6. The molecule has 1 N–H and O–H groups in total. The Morgan fingerprint density at radius 1 is 1.23 bits per heavy atom. The van der Waals surface area contributed by atoms with Crippen LogP contribution in [0.15, 0.2) is 70.6 Å². The third-order valence-corrected chi connectivity index (χ3v) is 8.07. The minimum absolute atomic E-state index is 0.135. The Morgan fingerprint density at radius 3 is 2.80 bits per heavy atom. The normalized spacial score (nSPS) is 22.1. The first-order valence-corrected chi connectivity index (χ1v) is 11.6. The molecule has 1 amide bonds. The van der Waals surface area contributed by atoms with Crippen molar-refractivity contribution in [1.82, 2.24) is 15.2 Å². The van der Waals surface area contributed by atoms with Gasteiger partial charge in [-0.05, 0) is 31.0 Å². The molecule has 3 aromatic rings. The molecule has 1 aliphatic heterocycles. The lowest BCUT2D eigenvalue weighted by Crippen LogP contribution is -2.60. The van der Waals surface area contributed by atoms with Crippen LogP contribution in [0.2, 0.25) is 0 Å². The van der Waals surface area contributed by atoms with Crippen LogP contribution in [0.5, 0.6) is 0 Å². The average molecular weight is 433 g/mol. The summed E-state index contributed by atoms with van der Waals surface area (Å²) in [4.78, 5) is 22.4. The molecule has 0 radical (unpaired) electrons. The molecule has 7 heteroatoms. The summed E-state index contributed by atoms with van der Waals surface area (Å²) in [7, 11) is 0. The van der Waals surface area contributed by atoms with E-state index in [0.717, 1.165) is 34.7 Å². The van der Waals surface area contributed by atoms with Crippen LogP contribution in [0.3, 0.4) is 0 Å². The number of rotatable bonds is 5. The van der Waals surface area contributed by atoms with E-state index in [1.54, 1.807) is 22.9 Å². The van der Waals surface area contributed by atoms with Gasteiger partial charge in [0, 0.05) is 34.0 Å². The van der Waals surface area contributed by atoms with E-state index < -0.39 is 0 Å². The maximum Gasteiger partial charge on any atom is 0.280 e. The van der Waals surface area contributed by atoms with Crippen molar-refractivity contribution in [3.63, 3.8) is 0 Å². The number of thiazole rings is 1. The van der Waals surface area contributed by atoms with Gasteiger partial charge in [0.25, 0.3) is 5.91 Å². The summed E-state index contributed by atoms with van der Waals surface area (Å²) < 4.78 is 0. The summed E-state index contributed by atoms with van der Waals surface area (Å²) in [5, 5.41) is 12.9. The zero-order valence-corrected chi connectivity index (χ0v) is 17.9. The maximum atomic E-state index is 12.9. The molecule has 5 nitrogen and oxygen atoms in total. The Hall–Kier alpha value is -2.82. The third-order valence-electron chi connectivity index (χ3n) is 5.96. The van der Waals surface area contributed by atoms with Gasteiger partial charge in [-0.25, -0.2) is 4.98 Å². The molecule has 2 aromatic carbocycles. The highest BCUT2D eigenvalue weighted by Crippen LogP contribution is 2.44. The zero-order valence-electron chi connectivity index (χ0n) is 16.2. The van der Waals surface area contributed by atoms with Gasteiger partial charge in [0.2, 0.25) is 0 Å². The molecule has 30 heavy (non-hydrogen) atoms. The van der Waals surface area contributed by atoms with Crippen LogP contribution in [-0.4, -0.2) is 34.4 Å². The van der Waals surface area contributed by atoms with E-state index in [1.165, 1.54) is 16.2 Å². The van der Waals surface area contributed by atoms with E-state index >= 15 is 0 Å². The van der Waals surface area contributed by atoms with E-state index in [0.29, 0.717) is 17.5 Å². The number of nitrogens with one attached hydrogen (secondary N) is 1. The first-order valence-electron chi connectivity index (χ1n) is 9.92. The molecule has 1 aliphatic carbocycles. The van der Waals surface area contributed by atoms with E-state index in [4.69, 9.17) is 0 Å². The number of likely N-dealkylation sites (tertiary alicyclic amines) is 1. The number of hydrogen-bond donors (Lipinski definition) is 1.